The number of amides is 1. The Balaban J connectivity index is 1.27. The predicted octanol–water partition coefficient (Wildman–Crippen LogP) is 3.35. The number of rotatable bonds is 6. The number of aromatic amines is 1. The summed E-state index contributed by atoms with van der Waals surface area (Å²) in [6.07, 6.45) is 0.937. The Hall–Kier alpha value is -2.51. The van der Waals surface area contributed by atoms with Crippen LogP contribution in [-0.2, 0) is 22.7 Å². The molecule has 0 bridgehead atoms. The summed E-state index contributed by atoms with van der Waals surface area (Å²) < 4.78 is 16.3. The number of H-pyrrole nitrogens is 1. The molecule has 8 heteroatoms. The Bertz CT molecular complexity index is 1060. The molecule has 2 fully saturated rings. The fourth-order valence-electron chi connectivity index (χ4n) is 3.89. The van der Waals surface area contributed by atoms with E-state index in [1.54, 1.807) is 0 Å². The highest BCUT2D eigenvalue weighted by atomic mass is 35.5. The molecule has 0 radical (unpaired) electrons. The van der Waals surface area contributed by atoms with Gasteiger partial charge in [0.05, 0.1) is 35.9 Å². The van der Waals surface area contributed by atoms with E-state index in [0.717, 1.165) is 28.7 Å². The lowest BCUT2D eigenvalue weighted by atomic mass is 10.1. The third kappa shape index (κ3) is 3.04. The van der Waals surface area contributed by atoms with Crippen LogP contribution in [0.2, 0.25) is 5.02 Å². The van der Waals surface area contributed by atoms with Crippen LogP contribution in [0.5, 0.6) is 5.75 Å². The lowest BCUT2D eigenvalue weighted by Gasteiger charge is -2.11. The minimum Gasteiger partial charge on any atom is -0.484 e. The number of nitrogens with one attached hydrogen (secondary N) is 2. The van der Waals surface area contributed by atoms with Crippen LogP contribution in [0.25, 0.3) is 10.9 Å². The Labute approximate surface area is 166 Å². The highest BCUT2D eigenvalue weighted by molar-refractivity contribution is 6.32. The number of halogens is 1. The molecule has 28 heavy (non-hydrogen) atoms. The van der Waals surface area contributed by atoms with Crippen molar-refractivity contribution in [1.29, 1.82) is 0 Å². The maximum atomic E-state index is 12.5. The van der Waals surface area contributed by atoms with Crippen molar-refractivity contribution in [3.8, 4) is 5.75 Å². The molecule has 2 atom stereocenters. The molecular weight excluding hydrogens is 382 g/mol. The van der Waals surface area contributed by atoms with Gasteiger partial charge in [0.1, 0.15) is 12.4 Å². The minimum atomic E-state index is -0.282. The second-order valence-corrected chi connectivity index (χ2v) is 8.05. The lowest BCUT2D eigenvalue weighted by molar-refractivity contribution is -0.127. The second-order valence-electron chi connectivity index (χ2n) is 7.64. The first-order chi connectivity index (χ1) is 13.5. The first kappa shape index (κ1) is 17.6. The molecule has 5 rings (SSSR count). The van der Waals surface area contributed by atoms with Crippen molar-refractivity contribution in [2.75, 3.05) is 13.2 Å². The number of hydrogen-bond donors (Lipinski definition) is 2. The topological polar surface area (TPSA) is 89.4 Å². The summed E-state index contributed by atoms with van der Waals surface area (Å²) in [4.78, 5) is 15.8. The summed E-state index contributed by atoms with van der Waals surface area (Å²) in [5.41, 5.74) is 2.33. The molecular formula is C20H20ClN3O4. The van der Waals surface area contributed by atoms with Gasteiger partial charge in [0.2, 0.25) is 5.91 Å². The van der Waals surface area contributed by atoms with E-state index in [4.69, 9.17) is 25.6 Å². The monoisotopic (exact) mass is 401 g/mol. The number of nitrogens with zero attached hydrogens (tertiary/aromatic N) is 1. The molecule has 1 amide bonds. The molecule has 1 saturated carbocycles. The van der Waals surface area contributed by atoms with Crippen LogP contribution in [0, 0.1) is 18.3 Å². The summed E-state index contributed by atoms with van der Waals surface area (Å²) in [5, 5.41) is 8.34. The van der Waals surface area contributed by atoms with Gasteiger partial charge in [-0.25, -0.2) is 0 Å². The van der Waals surface area contributed by atoms with Crippen LogP contribution in [0.4, 0.5) is 0 Å². The van der Waals surface area contributed by atoms with Gasteiger partial charge in [0, 0.05) is 34.6 Å². The maximum absolute atomic E-state index is 12.5. The van der Waals surface area contributed by atoms with E-state index in [1.807, 2.05) is 31.2 Å². The summed E-state index contributed by atoms with van der Waals surface area (Å²) in [5.74, 6) is 1.67. The van der Waals surface area contributed by atoms with E-state index >= 15 is 0 Å². The Morgan fingerprint density at radius 2 is 2.32 bits per heavy atom. The van der Waals surface area contributed by atoms with Crippen molar-refractivity contribution < 1.29 is 18.8 Å². The largest absolute Gasteiger partial charge is 0.484 e. The highest BCUT2D eigenvalue weighted by Gasteiger charge is 2.63. The summed E-state index contributed by atoms with van der Waals surface area (Å²) >= 11 is 6.35. The van der Waals surface area contributed by atoms with E-state index < -0.39 is 0 Å². The standard InChI is InChI=1S/C20H20ClN3O4/c1-11-2-15(28-24-11)9-27-18-5-17-12(4-16(18)21)3-14(23-17)7-22-19(25)20-6-13(20)8-26-10-20/h2-5,13,23H,6-10H2,1H3,(H,22,25). The molecule has 2 aromatic heterocycles. The Morgan fingerprint density at radius 1 is 1.43 bits per heavy atom. The first-order valence-electron chi connectivity index (χ1n) is 9.26. The summed E-state index contributed by atoms with van der Waals surface area (Å²) in [7, 11) is 0. The third-order valence-corrected chi connectivity index (χ3v) is 5.87. The van der Waals surface area contributed by atoms with E-state index in [1.165, 1.54) is 0 Å². The second kappa shape index (κ2) is 6.53. The highest BCUT2D eigenvalue weighted by Crippen LogP contribution is 2.56. The quantitative estimate of drug-likeness (QED) is 0.661. The average molecular weight is 402 g/mol. The number of ether oxygens (including phenoxy) is 2. The van der Waals surface area contributed by atoms with Gasteiger partial charge >= 0.3 is 0 Å². The molecule has 7 nitrogen and oxygen atoms in total. The van der Waals surface area contributed by atoms with Gasteiger partial charge in [-0.2, -0.15) is 0 Å². The number of benzene rings is 1. The molecule has 3 aromatic rings. The number of fused-ring (bicyclic) bond motifs is 2. The Kier molecular flexibility index (Phi) is 4.10. The molecule has 1 aliphatic carbocycles. The van der Waals surface area contributed by atoms with Crippen molar-refractivity contribution in [2.24, 2.45) is 11.3 Å². The van der Waals surface area contributed by atoms with Gasteiger partial charge in [0.25, 0.3) is 0 Å². The van der Waals surface area contributed by atoms with E-state index in [-0.39, 0.29) is 17.9 Å². The molecule has 2 N–H and O–H groups in total. The van der Waals surface area contributed by atoms with Crippen LogP contribution in [0.15, 0.2) is 28.8 Å². The van der Waals surface area contributed by atoms with Crippen molar-refractivity contribution >= 4 is 28.4 Å². The van der Waals surface area contributed by atoms with Crippen LogP contribution < -0.4 is 10.1 Å². The zero-order valence-electron chi connectivity index (χ0n) is 15.4. The fourth-order valence-corrected chi connectivity index (χ4v) is 4.11. The normalized spacial score (nSPS) is 23.0. The van der Waals surface area contributed by atoms with Crippen LogP contribution in [0.3, 0.4) is 0 Å². The van der Waals surface area contributed by atoms with Gasteiger partial charge < -0.3 is 24.3 Å². The van der Waals surface area contributed by atoms with Crippen molar-refractivity contribution in [1.82, 2.24) is 15.5 Å². The number of carbonyl (C=O) groups excluding carboxylic acids is 1. The van der Waals surface area contributed by atoms with Gasteiger partial charge in [-0.1, -0.05) is 16.8 Å². The molecule has 0 spiro atoms. The van der Waals surface area contributed by atoms with Crippen LogP contribution in [0.1, 0.15) is 23.6 Å². The minimum absolute atomic E-state index is 0.0815. The van der Waals surface area contributed by atoms with Gasteiger partial charge in [-0.15, -0.1) is 0 Å². The maximum Gasteiger partial charge on any atom is 0.229 e. The number of hydrogen-bond acceptors (Lipinski definition) is 5. The third-order valence-electron chi connectivity index (χ3n) is 5.58. The SMILES string of the molecule is Cc1cc(COc2cc3[nH]c(CNC(=O)C45COCC4C5)cc3cc2Cl)on1. The molecule has 2 aliphatic rings. The van der Waals surface area contributed by atoms with Crippen LogP contribution >= 0.6 is 11.6 Å². The van der Waals surface area contributed by atoms with E-state index in [9.17, 15) is 4.79 Å². The van der Waals surface area contributed by atoms with E-state index in [2.05, 4.69) is 15.5 Å². The summed E-state index contributed by atoms with van der Waals surface area (Å²) in [6.45, 7) is 3.79. The molecule has 1 saturated heterocycles. The number of carbonyl (C=O) groups is 1. The van der Waals surface area contributed by atoms with Gasteiger partial charge in [-0.05, 0) is 25.5 Å². The lowest BCUT2D eigenvalue weighted by Crippen LogP contribution is -2.33. The number of aryl methyl sites for hydroxylation is 1. The molecule has 1 aliphatic heterocycles. The molecule has 146 valence electrons. The smallest absolute Gasteiger partial charge is 0.229 e. The number of aromatic nitrogens is 2. The summed E-state index contributed by atoms with van der Waals surface area (Å²) in [6, 6.07) is 7.51. The van der Waals surface area contributed by atoms with Gasteiger partial charge in [-0.3, -0.25) is 4.79 Å². The fraction of sp³-hybridized carbons (Fsp3) is 0.400. The first-order valence-corrected chi connectivity index (χ1v) is 9.63. The molecule has 2 unspecified atom stereocenters. The van der Waals surface area contributed by atoms with Crippen molar-refractivity contribution in [3.63, 3.8) is 0 Å². The van der Waals surface area contributed by atoms with Gasteiger partial charge in [0.15, 0.2) is 5.76 Å². The predicted molar refractivity (Wildman–Crippen MR) is 102 cm³/mol. The molecule has 1 aromatic carbocycles. The van der Waals surface area contributed by atoms with Crippen molar-refractivity contribution in [3.05, 3.63) is 46.4 Å². The van der Waals surface area contributed by atoms with E-state index in [0.29, 0.717) is 42.2 Å². The average Bonchev–Trinajstić information content (AvgIpc) is 3.02. The Morgan fingerprint density at radius 3 is 3.04 bits per heavy atom. The zero-order valence-corrected chi connectivity index (χ0v) is 16.1. The molecule has 3 heterocycles. The van der Waals surface area contributed by atoms with Crippen molar-refractivity contribution in [2.45, 2.75) is 26.5 Å². The van der Waals surface area contributed by atoms with Crippen LogP contribution in [-0.4, -0.2) is 29.3 Å². The zero-order chi connectivity index (χ0) is 19.3.